The third kappa shape index (κ3) is 3.30. The number of rotatable bonds is 3. The first kappa shape index (κ1) is 15.3. The summed E-state index contributed by atoms with van der Waals surface area (Å²) in [6, 6.07) is 7.05. The van der Waals surface area contributed by atoms with E-state index in [0.29, 0.717) is 0 Å². The maximum atomic E-state index is 11.2. The Bertz CT molecular complexity index is 686. The fourth-order valence-electron chi connectivity index (χ4n) is 1.46. The van der Waals surface area contributed by atoms with E-state index in [1.54, 1.807) is 0 Å². The van der Waals surface area contributed by atoms with Gasteiger partial charge in [-0.1, -0.05) is 46.4 Å². The van der Waals surface area contributed by atoms with Crippen molar-refractivity contribution in [2.24, 2.45) is 0 Å². The number of benzene rings is 2. The molecular formula is C13H6Cl4O3. The van der Waals surface area contributed by atoms with E-state index in [9.17, 15) is 4.79 Å². The molecule has 0 bridgehead atoms. The van der Waals surface area contributed by atoms with Crippen molar-refractivity contribution >= 4 is 52.4 Å². The molecule has 20 heavy (non-hydrogen) atoms. The predicted molar refractivity (Wildman–Crippen MR) is 80.0 cm³/mol. The van der Waals surface area contributed by atoms with Crippen LogP contribution in [-0.4, -0.2) is 11.1 Å². The largest absolute Gasteiger partial charge is 0.478 e. The van der Waals surface area contributed by atoms with E-state index in [4.69, 9.17) is 56.2 Å². The first-order valence-corrected chi connectivity index (χ1v) is 6.75. The molecule has 104 valence electrons. The van der Waals surface area contributed by atoms with Crippen LogP contribution < -0.4 is 4.74 Å². The Hall–Kier alpha value is -1.13. The normalized spacial score (nSPS) is 10.4. The molecule has 3 nitrogen and oxygen atoms in total. The van der Waals surface area contributed by atoms with E-state index >= 15 is 0 Å². The molecule has 0 amide bonds. The van der Waals surface area contributed by atoms with Gasteiger partial charge >= 0.3 is 5.97 Å². The molecule has 0 aromatic heterocycles. The number of hydrogen-bond donors (Lipinski definition) is 1. The van der Waals surface area contributed by atoms with Gasteiger partial charge in [0, 0.05) is 11.1 Å². The summed E-state index contributed by atoms with van der Waals surface area (Å²) in [6.07, 6.45) is 0. The average molecular weight is 352 g/mol. The van der Waals surface area contributed by atoms with Gasteiger partial charge in [0.1, 0.15) is 17.1 Å². The third-order valence-corrected chi connectivity index (χ3v) is 3.62. The van der Waals surface area contributed by atoms with Crippen LogP contribution >= 0.6 is 46.4 Å². The zero-order valence-electron chi connectivity index (χ0n) is 9.66. The van der Waals surface area contributed by atoms with Crippen molar-refractivity contribution in [1.29, 1.82) is 0 Å². The SMILES string of the molecule is O=C(O)c1cc(Cl)ccc1Oc1cc(Cl)c(Cl)cc1Cl. The van der Waals surface area contributed by atoms with E-state index in [0.717, 1.165) is 0 Å². The number of hydrogen-bond acceptors (Lipinski definition) is 2. The summed E-state index contributed by atoms with van der Waals surface area (Å²) in [7, 11) is 0. The Morgan fingerprint density at radius 2 is 1.55 bits per heavy atom. The molecule has 2 rings (SSSR count). The van der Waals surface area contributed by atoms with E-state index in [1.165, 1.54) is 30.3 Å². The van der Waals surface area contributed by atoms with Crippen LogP contribution in [0, 0.1) is 0 Å². The maximum absolute atomic E-state index is 11.2. The molecule has 0 heterocycles. The molecule has 0 radical (unpaired) electrons. The lowest BCUT2D eigenvalue weighted by Gasteiger charge is -2.11. The van der Waals surface area contributed by atoms with Gasteiger partial charge in [-0.25, -0.2) is 4.79 Å². The molecule has 0 atom stereocenters. The summed E-state index contributed by atoms with van der Waals surface area (Å²) in [5.74, 6) is -0.869. The lowest BCUT2D eigenvalue weighted by Crippen LogP contribution is -2.00. The first-order valence-electron chi connectivity index (χ1n) is 5.23. The Morgan fingerprint density at radius 1 is 0.900 bits per heavy atom. The fraction of sp³-hybridized carbons (Fsp3) is 0. The second-order valence-electron chi connectivity index (χ2n) is 3.74. The highest BCUT2D eigenvalue weighted by atomic mass is 35.5. The Labute approximate surface area is 134 Å². The van der Waals surface area contributed by atoms with Crippen LogP contribution in [0.15, 0.2) is 30.3 Å². The van der Waals surface area contributed by atoms with Crippen LogP contribution in [0.2, 0.25) is 20.1 Å². The van der Waals surface area contributed by atoms with E-state index in [2.05, 4.69) is 0 Å². The van der Waals surface area contributed by atoms with Crippen molar-refractivity contribution in [1.82, 2.24) is 0 Å². The molecule has 0 aliphatic carbocycles. The summed E-state index contributed by atoms with van der Waals surface area (Å²) in [4.78, 5) is 11.2. The highest BCUT2D eigenvalue weighted by Crippen LogP contribution is 2.37. The highest BCUT2D eigenvalue weighted by molar-refractivity contribution is 6.43. The van der Waals surface area contributed by atoms with Crippen molar-refractivity contribution in [3.05, 3.63) is 56.0 Å². The highest BCUT2D eigenvalue weighted by Gasteiger charge is 2.15. The molecule has 0 aliphatic heterocycles. The summed E-state index contributed by atoms with van der Waals surface area (Å²) in [6.45, 7) is 0. The van der Waals surface area contributed by atoms with Crippen LogP contribution in [-0.2, 0) is 0 Å². The van der Waals surface area contributed by atoms with Gasteiger partial charge < -0.3 is 9.84 Å². The van der Waals surface area contributed by atoms with E-state index < -0.39 is 5.97 Å². The van der Waals surface area contributed by atoms with E-state index in [1.807, 2.05) is 0 Å². The number of aromatic carboxylic acids is 1. The molecular weight excluding hydrogens is 346 g/mol. The Morgan fingerprint density at radius 3 is 2.20 bits per heavy atom. The number of carboxylic acids is 1. The van der Waals surface area contributed by atoms with Crippen molar-refractivity contribution in [3.8, 4) is 11.5 Å². The standard InChI is InChI=1S/C13H6Cl4O3/c14-6-1-2-11(7(3-6)13(18)19)20-12-5-9(16)8(15)4-10(12)17/h1-5H,(H,18,19). The van der Waals surface area contributed by atoms with E-state index in [-0.39, 0.29) is 37.2 Å². The summed E-state index contributed by atoms with van der Waals surface area (Å²) in [5, 5.41) is 10.1. The van der Waals surface area contributed by atoms with Crippen molar-refractivity contribution in [2.45, 2.75) is 0 Å². The lowest BCUT2D eigenvalue weighted by atomic mass is 10.2. The van der Waals surface area contributed by atoms with Gasteiger partial charge in [-0.15, -0.1) is 0 Å². The van der Waals surface area contributed by atoms with Crippen LogP contribution in [0.3, 0.4) is 0 Å². The fourth-order valence-corrected chi connectivity index (χ4v) is 2.21. The molecule has 0 saturated carbocycles. The molecule has 1 N–H and O–H groups in total. The smallest absolute Gasteiger partial charge is 0.339 e. The van der Waals surface area contributed by atoms with Crippen LogP contribution in [0.4, 0.5) is 0 Å². The minimum absolute atomic E-state index is 0.0837. The van der Waals surface area contributed by atoms with Gasteiger partial charge in [0.2, 0.25) is 0 Å². The second-order valence-corrected chi connectivity index (χ2v) is 5.40. The Balaban J connectivity index is 2.45. The van der Waals surface area contributed by atoms with Crippen LogP contribution in [0.5, 0.6) is 11.5 Å². The van der Waals surface area contributed by atoms with Gasteiger partial charge in [0.15, 0.2) is 0 Å². The minimum Gasteiger partial charge on any atom is -0.478 e. The second kappa shape index (κ2) is 6.10. The monoisotopic (exact) mass is 350 g/mol. The quantitative estimate of drug-likeness (QED) is 0.711. The molecule has 0 saturated heterocycles. The van der Waals surface area contributed by atoms with Gasteiger partial charge in [-0.2, -0.15) is 0 Å². The molecule has 0 aliphatic rings. The van der Waals surface area contributed by atoms with Gasteiger partial charge in [0.05, 0.1) is 15.1 Å². The van der Waals surface area contributed by atoms with Crippen molar-refractivity contribution in [3.63, 3.8) is 0 Å². The number of ether oxygens (including phenoxy) is 1. The van der Waals surface area contributed by atoms with Gasteiger partial charge in [0.25, 0.3) is 0 Å². The van der Waals surface area contributed by atoms with Gasteiger partial charge in [-0.05, 0) is 24.3 Å². The maximum Gasteiger partial charge on any atom is 0.339 e. The molecule has 0 unspecified atom stereocenters. The number of carbonyl (C=O) groups is 1. The molecule has 2 aromatic carbocycles. The number of halogens is 4. The molecule has 0 spiro atoms. The topological polar surface area (TPSA) is 46.5 Å². The van der Waals surface area contributed by atoms with Crippen molar-refractivity contribution < 1.29 is 14.6 Å². The first-order chi connectivity index (χ1) is 9.38. The predicted octanol–water partition coefficient (Wildman–Crippen LogP) is 5.79. The minimum atomic E-state index is -1.17. The molecule has 0 fully saturated rings. The van der Waals surface area contributed by atoms with Gasteiger partial charge in [-0.3, -0.25) is 0 Å². The number of carboxylic acid groups (broad SMARTS) is 1. The molecule has 7 heteroatoms. The summed E-state index contributed by atoms with van der Waals surface area (Å²) < 4.78 is 5.48. The zero-order valence-corrected chi connectivity index (χ0v) is 12.7. The molecule has 2 aromatic rings. The summed E-state index contributed by atoms with van der Waals surface area (Å²) in [5.41, 5.74) is -0.0837. The van der Waals surface area contributed by atoms with Crippen LogP contribution in [0.1, 0.15) is 10.4 Å². The lowest BCUT2D eigenvalue weighted by molar-refractivity contribution is 0.0694. The Kier molecular flexibility index (Phi) is 4.66. The zero-order chi connectivity index (χ0) is 14.9. The summed E-state index contributed by atoms with van der Waals surface area (Å²) >= 11 is 23.4. The third-order valence-electron chi connectivity index (χ3n) is 2.37. The van der Waals surface area contributed by atoms with Crippen molar-refractivity contribution in [2.75, 3.05) is 0 Å². The average Bonchev–Trinajstić information content (AvgIpc) is 2.37. The van der Waals surface area contributed by atoms with Crippen LogP contribution in [0.25, 0.3) is 0 Å².